The number of hydrogen-bond acceptors (Lipinski definition) is 2. The molecule has 104 valence electrons. The summed E-state index contributed by atoms with van der Waals surface area (Å²) in [6.07, 6.45) is 0.630. The lowest BCUT2D eigenvalue weighted by atomic mass is 9.67. The Morgan fingerprint density at radius 2 is 1.89 bits per heavy atom. The fourth-order valence-electron chi connectivity index (χ4n) is 2.89. The van der Waals surface area contributed by atoms with Gasteiger partial charge in [-0.05, 0) is 23.5 Å². The Hall–Kier alpha value is -1.35. The molecule has 19 heavy (non-hydrogen) atoms. The second kappa shape index (κ2) is 5.33. The maximum Gasteiger partial charge on any atom is 0.307 e. The van der Waals surface area contributed by atoms with Crippen molar-refractivity contribution in [1.82, 2.24) is 0 Å². The van der Waals surface area contributed by atoms with Gasteiger partial charge in [0.05, 0.1) is 24.5 Å². The lowest BCUT2D eigenvalue weighted by Crippen LogP contribution is -2.54. The average molecular weight is 262 g/mol. The molecule has 1 N–H and O–H groups in total. The minimum absolute atomic E-state index is 0.337. The van der Waals surface area contributed by atoms with Crippen molar-refractivity contribution in [2.24, 2.45) is 5.92 Å². The van der Waals surface area contributed by atoms with Crippen LogP contribution in [0.4, 0.5) is 0 Å². The summed E-state index contributed by atoms with van der Waals surface area (Å²) in [7, 11) is 0. The Morgan fingerprint density at radius 3 is 2.21 bits per heavy atom. The Bertz CT molecular complexity index is 444. The topological polar surface area (TPSA) is 46.5 Å². The zero-order chi connectivity index (χ0) is 14.0. The molecule has 1 aliphatic rings. The largest absolute Gasteiger partial charge is 0.481 e. The standard InChI is InChI=1S/C16H22O3/c1-4-14(15(17)18)16(9-19-10-16)13-7-5-12(6-8-13)11(2)3/h5-8,11,14H,4,9-10H2,1-3H3,(H,17,18). The molecule has 1 atom stereocenters. The molecule has 1 fully saturated rings. The van der Waals surface area contributed by atoms with E-state index in [4.69, 9.17) is 4.74 Å². The third kappa shape index (κ3) is 2.39. The molecule has 0 radical (unpaired) electrons. The van der Waals surface area contributed by atoms with Crippen LogP contribution in [0.5, 0.6) is 0 Å². The van der Waals surface area contributed by atoms with E-state index in [0.29, 0.717) is 25.6 Å². The molecule has 0 bridgehead atoms. The summed E-state index contributed by atoms with van der Waals surface area (Å²) in [5, 5.41) is 9.42. The predicted molar refractivity (Wildman–Crippen MR) is 74.4 cm³/mol. The summed E-state index contributed by atoms with van der Waals surface area (Å²) in [5.41, 5.74) is 2.04. The van der Waals surface area contributed by atoms with E-state index in [9.17, 15) is 9.90 Å². The average Bonchev–Trinajstić information content (AvgIpc) is 2.33. The Balaban J connectivity index is 2.33. The van der Waals surface area contributed by atoms with Crippen LogP contribution < -0.4 is 0 Å². The first-order valence-corrected chi connectivity index (χ1v) is 6.92. The molecular formula is C16H22O3. The lowest BCUT2D eigenvalue weighted by molar-refractivity contribution is -0.157. The SMILES string of the molecule is CCC(C(=O)O)C1(c2ccc(C(C)C)cc2)COC1. The molecule has 3 heteroatoms. The predicted octanol–water partition coefficient (Wildman–Crippen LogP) is 3.19. The molecule has 2 rings (SSSR count). The van der Waals surface area contributed by atoms with Crippen LogP contribution in [0.1, 0.15) is 44.2 Å². The Labute approximate surface area is 114 Å². The van der Waals surface area contributed by atoms with E-state index in [2.05, 4.69) is 38.1 Å². The van der Waals surface area contributed by atoms with Crippen LogP contribution in [0, 0.1) is 5.92 Å². The van der Waals surface area contributed by atoms with E-state index in [1.54, 1.807) is 0 Å². The van der Waals surface area contributed by atoms with Gasteiger partial charge in [0, 0.05) is 0 Å². The van der Waals surface area contributed by atoms with E-state index in [-0.39, 0.29) is 11.3 Å². The van der Waals surface area contributed by atoms with Crippen LogP contribution >= 0.6 is 0 Å². The number of carboxylic acids is 1. The summed E-state index contributed by atoms with van der Waals surface area (Å²) < 4.78 is 5.34. The normalized spacial score (nSPS) is 18.9. The number of carbonyl (C=O) groups is 1. The maximum absolute atomic E-state index is 11.5. The van der Waals surface area contributed by atoms with E-state index < -0.39 is 5.97 Å². The highest BCUT2D eigenvalue weighted by Crippen LogP contribution is 2.41. The minimum Gasteiger partial charge on any atom is -0.481 e. The van der Waals surface area contributed by atoms with Crippen molar-refractivity contribution in [2.45, 2.75) is 38.5 Å². The molecule has 1 aliphatic heterocycles. The van der Waals surface area contributed by atoms with Crippen LogP contribution in [0.15, 0.2) is 24.3 Å². The zero-order valence-electron chi connectivity index (χ0n) is 11.8. The molecule has 0 amide bonds. The molecule has 1 saturated heterocycles. The van der Waals surface area contributed by atoms with Gasteiger partial charge in [-0.15, -0.1) is 0 Å². The fraction of sp³-hybridized carbons (Fsp3) is 0.562. The molecular weight excluding hydrogens is 240 g/mol. The summed E-state index contributed by atoms with van der Waals surface area (Å²) in [6.45, 7) is 7.27. The van der Waals surface area contributed by atoms with Crippen molar-refractivity contribution >= 4 is 5.97 Å². The summed E-state index contributed by atoms with van der Waals surface area (Å²) in [6, 6.07) is 8.36. The highest BCUT2D eigenvalue weighted by Gasteiger charge is 2.49. The monoisotopic (exact) mass is 262 g/mol. The molecule has 1 aromatic carbocycles. The van der Waals surface area contributed by atoms with Gasteiger partial charge in [0.15, 0.2) is 0 Å². The van der Waals surface area contributed by atoms with Gasteiger partial charge in [0.1, 0.15) is 0 Å². The van der Waals surface area contributed by atoms with Crippen molar-refractivity contribution in [1.29, 1.82) is 0 Å². The van der Waals surface area contributed by atoms with E-state index >= 15 is 0 Å². The summed E-state index contributed by atoms with van der Waals surface area (Å²) >= 11 is 0. The van der Waals surface area contributed by atoms with Gasteiger partial charge in [-0.1, -0.05) is 45.0 Å². The number of carboxylic acid groups (broad SMARTS) is 1. The number of rotatable bonds is 5. The van der Waals surface area contributed by atoms with Crippen LogP contribution in [0.25, 0.3) is 0 Å². The van der Waals surface area contributed by atoms with Crippen molar-refractivity contribution in [3.63, 3.8) is 0 Å². The minimum atomic E-state index is -0.723. The lowest BCUT2D eigenvalue weighted by Gasteiger charge is -2.45. The zero-order valence-corrected chi connectivity index (χ0v) is 11.8. The van der Waals surface area contributed by atoms with Gasteiger partial charge in [-0.2, -0.15) is 0 Å². The van der Waals surface area contributed by atoms with E-state index in [1.807, 2.05) is 6.92 Å². The van der Waals surface area contributed by atoms with E-state index in [1.165, 1.54) is 5.56 Å². The maximum atomic E-state index is 11.5. The van der Waals surface area contributed by atoms with Crippen molar-refractivity contribution < 1.29 is 14.6 Å². The van der Waals surface area contributed by atoms with Gasteiger partial charge in [-0.25, -0.2) is 0 Å². The molecule has 1 aromatic rings. The van der Waals surface area contributed by atoms with Crippen LogP contribution in [0.2, 0.25) is 0 Å². The van der Waals surface area contributed by atoms with Crippen molar-refractivity contribution in [2.75, 3.05) is 13.2 Å². The van der Waals surface area contributed by atoms with Gasteiger partial charge in [0.25, 0.3) is 0 Å². The smallest absolute Gasteiger partial charge is 0.307 e. The second-order valence-electron chi connectivity index (χ2n) is 5.72. The molecule has 0 aromatic heterocycles. The Morgan fingerprint density at radius 1 is 1.32 bits per heavy atom. The number of benzene rings is 1. The van der Waals surface area contributed by atoms with Crippen LogP contribution in [0.3, 0.4) is 0 Å². The second-order valence-corrected chi connectivity index (χ2v) is 5.72. The third-order valence-corrected chi connectivity index (χ3v) is 4.24. The highest BCUT2D eigenvalue weighted by atomic mass is 16.5. The van der Waals surface area contributed by atoms with Crippen LogP contribution in [-0.4, -0.2) is 24.3 Å². The number of ether oxygens (including phenoxy) is 1. The molecule has 0 saturated carbocycles. The third-order valence-electron chi connectivity index (χ3n) is 4.24. The quantitative estimate of drug-likeness (QED) is 0.886. The Kier molecular flexibility index (Phi) is 3.95. The van der Waals surface area contributed by atoms with Crippen molar-refractivity contribution in [3.8, 4) is 0 Å². The first kappa shape index (κ1) is 14.1. The first-order valence-electron chi connectivity index (χ1n) is 6.92. The van der Waals surface area contributed by atoms with Crippen molar-refractivity contribution in [3.05, 3.63) is 35.4 Å². The fourth-order valence-corrected chi connectivity index (χ4v) is 2.89. The molecule has 3 nitrogen and oxygen atoms in total. The van der Waals surface area contributed by atoms with Gasteiger partial charge in [-0.3, -0.25) is 4.79 Å². The molecule has 1 unspecified atom stereocenters. The number of hydrogen-bond donors (Lipinski definition) is 1. The first-order chi connectivity index (χ1) is 9.01. The summed E-state index contributed by atoms with van der Waals surface area (Å²) in [5.74, 6) is -0.603. The highest BCUT2D eigenvalue weighted by molar-refractivity contribution is 5.73. The molecule has 1 heterocycles. The molecule has 0 spiro atoms. The number of aliphatic carboxylic acids is 1. The molecule has 0 aliphatic carbocycles. The van der Waals surface area contributed by atoms with E-state index in [0.717, 1.165) is 5.56 Å². The van der Waals surface area contributed by atoms with Gasteiger partial charge in [0.2, 0.25) is 0 Å². The summed E-state index contributed by atoms with van der Waals surface area (Å²) in [4.78, 5) is 11.5. The van der Waals surface area contributed by atoms with Crippen LogP contribution in [-0.2, 0) is 14.9 Å². The van der Waals surface area contributed by atoms with Gasteiger partial charge < -0.3 is 9.84 Å². The van der Waals surface area contributed by atoms with Gasteiger partial charge >= 0.3 is 5.97 Å².